The van der Waals surface area contributed by atoms with Crippen molar-refractivity contribution in [3.8, 4) is 0 Å². The van der Waals surface area contributed by atoms with Crippen molar-refractivity contribution in [2.24, 2.45) is 0 Å². The summed E-state index contributed by atoms with van der Waals surface area (Å²) in [4.78, 5) is 10.2. The van der Waals surface area contributed by atoms with E-state index in [1.807, 2.05) is 13.0 Å². The highest BCUT2D eigenvalue weighted by molar-refractivity contribution is 7.55. The van der Waals surface area contributed by atoms with Crippen LogP contribution in [0.25, 0.3) is 0 Å². The Bertz CT molecular complexity index is 403. The van der Waals surface area contributed by atoms with E-state index in [1.165, 1.54) is 0 Å². The molecule has 128 valence electrons. The molecule has 2 aliphatic rings. The molecule has 6 nitrogen and oxygen atoms in total. The number of hydrogen-bond acceptors (Lipinski definition) is 4. The van der Waals surface area contributed by atoms with Gasteiger partial charge in [0.05, 0.1) is 19.8 Å². The number of ether oxygens (including phenoxy) is 3. The summed E-state index contributed by atoms with van der Waals surface area (Å²) < 4.78 is 30.4. The van der Waals surface area contributed by atoms with Crippen LogP contribution in [0.3, 0.4) is 0 Å². The second kappa shape index (κ2) is 9.16. The fourth-order valence-corrected chi connectivity index (χ4v) is 4.29. The van der Waals surface area contributed by atoms with E-state index in [4.69, 9.17) is 14.2 Å². The van der Waals surface area contributed by atoms with Gasteiger partial charge in [-0.25, -0.2) is 4.67 Å². The van der Waals surface area contributed by atoms with Crippen LogP contribution in [0.2, 0.25) is 0 Å². The van der Waals surface area contributed by atoms with Gasteiger partial charge in [-0.1, -0.05) is 11.6 Å². The van der Waals surface area contributed by atoms with Crippen molar-refractivity contribution >= 4 is 7.52 Å². The second-order valence-corrected chi connectivity index (χ2v) is 8.23. The first-order valence-corrected chi connectivity index (χ1v) is 9.91. The molecule has 0 amide bonds. The quantitative estimate of drug-likeness (QED) is 0.570. The van der Waals surface area contributed by atoms with Gasteiger partial charge in [-0.2, -0.15) is 0 Å². The first kappa shape index (κ1) is 18.1. The Labute approximate surface area is 132 Å². The van der Waals surface area contributed by atoms with E-state index in [0.717, 1.165) is 31.4 Å². The first-order valence-electron chi connectivity index (χ1n) is 8.12. The Morgan fingerprint density at radius 2 is 2.14 bits per heavy atom. The average Bonchev–Trinajstić information content (AvgIpc) is 2.55. The van der Waals surface area contributed by atoms with Crippen LogP contribution in [0, 0.1) is 0 Å². The van der Waals surface area contributed by atoms with Crippen LogP contribution in [-0.4, -0.2) is 61.5 Å². The summed E-state index contributed by atoms with van der Waals surface area (Å²) in [5, 5.41) is 0. The molecule has 0 bridgehead atoms. The Morgan fingerprint density at radius 3 is 2.82 bits per heavy atom. The van der Waals surface area contributed by atoms with Gasteiger partial charge in [0.1, 0.15) is 0 Å². The third-order valence-corrected chi connectivity index (χ3v) is 6.17. The van der Waals surface area contributed by atoms with Gasteiger partial charge in [-0.05, 0) is 32.6 Å². The van der Waals surface area contributed by atoms with Crippen LogP contribution in [0.4, 0.5) is 0 Å². The SMILES string of the molecule is C/C(=C/COC1CCCCO1)CCP(=O)(O)N1CCOCC1. The molecule has 2 unspecified atom stereocenters. The minimum atomic E-state index is -3.23. The number of allylic oxidation sites excluding steroid dienone is 1. The first-order chi connectivity index (χ1) is 10.6. The lowest BCUT2D eigenvalue weighted by Gasteiger charge is -2.30. The van der Waals surface area contributed by atoms with E-state index >= 15 is 0 Å². The molecular weight excluding hydrogens is 305 g/mol. The van der Waals surface area contributed by atoms with Gasteiger partial charge in [0.15, 0.2) is 6.29 Å². The molecule has 0 aromatic carbocycles. The molecule has 0 aromatic heterocycles. The Balaban J connectivity index is 1.67. The smallest absolute Gasteiger partial charge is 0.270 e. The van der Waals surface area contributed by atoms with Crippen molar-refractivity contribution in [3.05, 3.63) is 11.6 Å². The summed E-state index contributed by atoms with van der Waals surface area (Å²) >= 11 is 0. The van der Waals surface area contributed by atoms with Gasteiger partial charge in [-0.3, -0.25) is 4.57 Å². The monoisotopic (exact) mass is 333 g/mol. The standard InChI is InChI=1S/C15H28NO5P/c1-14(5-10-21-15-4-2-3-9-20-15)6-13-22(17,18)16-7-11-19-12-8-16/h5,15H,2-4,6-13H2,1H3,(H,17,18)/b14-5-. The fraction of sp³-hybridized carbons (Fsp3) is 0.867. The van der Waals surface area contributed by atoms with E-state index in [0.29, 0.717) is 39.3 Å². The van der Waals surface area contributed by atoms with E-state index in [2.05, 4.69) is 0 Å². The van der Waals surface area contributed by atoms with E-state index < -0.39 is 7.52 Å². The molecular formula is C15H28NO5P. The van der Waals surface area contributed by atoms with Crippen molar-refractivity contribution in [3.63, 3.8) is 0 Å². The largest absolute Gasteiger partial charge is 0.379 e. The summed E-state index contributed by atoms with van der Waals surface area (Å²) in [7, 11) is -3.23. The second-order valence-electron chi connectivity index (χ2n) is 5.88. The fourth-order valence-electron chi connectivity index (χ4n) is 2.57. The summed E-state index contributed by atoms with van der Waals surface area (Å²) in [5.74, 6) is 0. The summed E-state index contributed by atoms with van der Waals surface area (Å²) in [6, 6.07) is 0. The van der Waals surface area contributed by atoms with Crippen LogP contribution in [0.1, 0.15) is 32.6 Å². The molecule has 2 rings (SSSR count). The van der Waals surface area contributed by atoms with E-state index in [1.54, 1.807) is 4.67 Å². The van der Waals surface area contributed by atoms with Crippen molar-refractivity contribution in [1.29, 1.82) is 0 Å². The van der Waals surface area contributed by atoms with E-state index in [9.17, 15) is 9.46 Å². The molecule has 2 saturated heterocycles. The predicted molar refractivity (Wildman–Crippen MR) is 85.0 cm³/mol. The summed E-state index contributed by atoms with van der Waals surface area (Å²) in [5.41, 5.74) is 1.08. The van der Waals surface area contributed by atoms with Gasteiger partial charge in [0.25, 0.3) is 7.52 Å². The molecule has 0 aromatic rings. The lowest BCUT2D eigenvalue weighted by molar-refractivity contribution is -0.155. The van der Waals surface area contributed by atoms with Crippen molar-refractivity contribution < 1.29 is 23.7 Å². The molecule has 2 fully saturated rings. The van der Waals surface area contributed by atoms with Crippen LogP contribution in [0.15, 0.2) is 11.6 Å². The van der Waals surface area contributed by atoms with Crippen LogP contribution >= 0.6 is 7.52 Å². The third-order valence-electron chi connectivity index (χ3n) is 4.08. The van der Waals surface area contributed by atoms with Crippen molar-refractivity contribution in [2.75, 3.05) is 45.7 Å². The molecule has 7 heteroatoms. The molecule has 2 heterocycles. The maximum Gasteiger partial charge on any atom is 0.270 e. The molecule has 0 spiro atoms. The molecule has 2 atom stereocenters. The van der Waals surface area contributed by atoms with Gasteiger partial charge < -0.3 is 19.1 Å². The molecule has 0 aliphatic carbocycles. The number of rotatable bonds is 7. The minimum absolute atomic E-state index is 0.0879. The summed E-state index contributed by atoms with van der Waals surface area (Å²) in [6.07, 6.45) is 6.01. The highest BCUT2D eigenvalue weighted by Crippen LogP contribution is 2.46. The molecule has 0 saturated carbocycles. The average molecular weight is 333 g/mol. The molecule has 1 N–H and O–H groups in total. The zero-order chi connectivity index (χ0) is 15.8. The number of nitrogens with zero attached hydrogens (tertiary/aromatic N) is 1. The highest BCUT2D eigenvalue weighted by atomic mass is 31.2. The maximum absolute atomic E-state index is 12.3. The third kappa shape index (κ3) is 6.11. The Hall–Kier alpha value is -0.230. The summed E-state index contributed by atoms with van der Waals surface area (Å²) in [6.45, 7) is 5.41. The number of morpholine rings is 1. The Kier molecular flexibility index (Phi) is 7.54. The predicted octanol–water partition coefficient (Wildman–Crippen LogP) is 2.38. The Morgan fingerprint density at radius 1 is 1.36 bits per heavy atom. The van der Waals surface area contributed by atoms with Gasteiger partial charge in [0.2, 0.25) is 0 Å². The lowest BCUT2D eigenvalue weighted by Crippen LogP contribution is -2.34. The highest BCUT2D eigenvalue weighted by Gasteiger charge is 2.28. The van der Waals surface area contributed by atoms with Crippen LogP contribution < -0.4 is 0 Å². The lowest BCUT2D eigenvalue weighted by atomic mass is 10.2. The van der Waals surface area contributed by atoms with Crippen LogP contribution in [0.5, 0.6) is 0 Å². The topological polar surface area (TPSA) is 68.2 Å². The van der Waals surface area contributed by atoms with Crippen molar-refractivity contribution in [2.45, 2.75) is 38.9 Å². The van der Waals surface area contributed by atoms with Crippen LogP contribution in [-0.2, 0) is 18.8 Å². The minimum Gasteiger partial charge on any atom is -0.379 e. The van der Waals surface area contributed by atoms with Gasteiger partial charge in [-0.15, -0.1) is 0 Å². The van der Waals surface area contributed by atoms with Gasteiger partial charge >= 0.3 is 0 Å². The van der Waals surface area contributed by atoms with E-state index in [-0.39, 0.29) is 12.5 Å². The zero-order valence-electron chi connectivity index (χ0n) is 13.4. The zero-order valence-corrected chi connectivity index (χ0v) is 14.3. The maximum atomic E-state index is 12.3. The molecule has 22 heavy (non-hydrogen) atoms. The van der Waals surface area contributed by atoms with Gasteiger partial charge in [0, 0.05) is 25.9 Å². The van der Waals surface area contributed by atoms with Crippen molar-refractivity contribution in [1.82, 2.24) is 4.67 Å². The molecule has 0 radical (unpaired) electrons. The molecule has 2 aliphatic heterocycles. The normalized spacial score (nSPS) is 27.5. The number of hydrogen-bond donors (Lipinski definition) is 1.